The highest BCUT2D eigenvalue weighted by Crippen LogP contribution is 2.17. The summed E-state index contributed by atoms with van der Waals surface area (Å²) in [5.74, 6) is 2.84. The molecule has 0 aliphatic rings. The topological polar surface area (TPSA) is 64.1 Å². The number of hydrogen-bond donors (Lipinski definition) is 1. The molecule has 0 saturated heterocycles. The van der Waals surface area contributed by atoms with Crippen LogP contribution < -0.4 is 10.1 Å². The van der Waals surface area contributed by atoms with Gasteiger partial charge in [-0.25, -0.2) is 0 Å². The van der Waals surface area contributed by atoms with Gasteiger partial charge in [-0.3, -0.25) is 14.8 Å². The Balaban J connectivity index is 1.73. The van der Waals surface area contributed by atoms with Gasteiger partial charge in [0.25, 0.3) is 5.91 Å². The molecule has 0 aliphatic carbocycles. The van der Waals surface area contributed by atoms with Gasteiger partial charge in [-0.1, -0.05) is 5.92 Å². The van der Waals surface area contributed by atoms with Crippen LogP contribution >= 0.6 is 0 Å². The van der Waals surface area contributed by atoms with Crippen LogP contribution in [0.25, 0.3) is 11.0 Å². The lowest BCUT2D eigenvalue weighted by Crippen LogP contribution is -2.11. The molecule has 0 bridgehead atoms. The number of aromatic nitrogens is 2. The van der Waals surface area contributed by atoms with Crippen molar-refractivity contribution in [3.05, 3.63) is 60.4 Å². The van der Waals surface area contributed by atoms with E-state index >= 15 is 0 Å². The fraction of sp³-hybridized carbons (Fsp3) is 0.0556. The molecule has 3 aromatic rings. The SMILES string of the molecule is C#CCOc1ccc(NC(=O)c2ccc3nccnc3c2)cc1. The smallest absolute Gasteiger partial charge is 0.255 e. The van der Waals surface area contributed by atoms with Crippen LogP contribution in [0.15, 0.2) is 54.9 Å². The minimum Gasteiger partial charge on any atom is -0.481 e. The summed E-state index contributed by atoms with van der Waals surface area (Å²) < 4.78 is 5.28. The molecular formula is C18H13N3O2. The van der Waals surface area contributed by atoms with Crippen LogP contribution in [0, 0.1) is 12.3 Å². The summed E-state index contributed by atoms with van der Waals surface area (Å²) in [4.78, 5) is 20.7. The van der Waals surface area contributed by atoms with E-state index in [0.717, 1.165) is 5.52 Å². The third-order valence-corrected chi connectivity index (χ3v) is 3.17. The van der Waals surface area contributed by atoms with Crippen LogP contribution in [-0.4, -0.2) is 22.5 Å². The van der Waals surface area contributed by atoms with Gasteiger partial charge in [0, 0.05) is 23.6 Å². The molecular weight excluding hydrogens is 290 g/mol. The first kappa shape index (κ1) is 14.5. The molecule has 1 amide bonds. The summed E-state index contributed by atoms with van der Waals surface area (Å²) in [5.41, 5.74) is 2.62. The van der Waals surface area contributed by atoms with Crippen molar-refractivity contribution in [3.8, 4) is 18.1 Å². The minimum atomic E-state index is -0.213. The molecule has 0 aliphatic heterocycles. The quantitative estimate of drug-likeness (QED) is 0.753. The number of carbonyl (C=O) groups is 1. The molecule has 2 aromatic carbocycles. The van der Waals surface area contributed by atoms with Crippen molar-refractivity contribution in [3.63, 3.8) is 0 Å². The molecule has 5 heteroatoms. The largest absolute Gasteiger partial charge is 0.481 e. The molecule has 1 heterocycles. The van der Waals surface area contributed by atoms with Gasteiger partial charge < -0.3 is 10.1 Å². The molecule has 0 spiro atoms. The highest BCUT2D eigenvalue weighted by atomic mass is 16.5. The van der Waals surface area contributed by atoms with Crippen LogP contribution in [0.4, 0.5) is 5.69 Å². The van der Waals surface area contributed by atoms with Gasteiger partial charge in [-0.2, -0.15) is 0 Å². The number of rotatable bonds is 4. The third-order valence-electron chi connectivity index (χ3n) is 3.17. The van der Waals surface area contributed by atoms with Gasteiger partial charge in [0.15, 0.2) is 0 Å². The monoisotopic (exact) mass is 303 g/mol. The minimum absolute atomic E-state index is 0.212. The van der Waals surface area contributed by atoms with E-state index in [1.54, 1.807) is 54.9 Å². The number of carbonyl (C=O) groups excluding carboxylic acids is 1. The summed E-state index contributed by atoms with van der Waals surface area (Å²) in [6, 6.07) is 12.2. The highest BCUT2D eigenvalue weighted by molar-refractivity contribution is 6.05. The summed E-state index contributed by atoms with van der Waals surface area (Å²) in [6.07, 6.45) is 8.35. The Kier molecular flexibility index (Phi) is 4.16. The molecule has 23 heavy (non-hydrogen) atoms. The van der Waals surface area contributed by atoms with Gasteiger partial charge in [-0.15, -0.1) is 6.42 Å². The fourth-order valence-corrected chi connectivity index (χ4v) is 2.07. The zero-order chi connectivity index (χ0) is 16.1. The number of terminal acetylenes is 1. The maximum Gasteiger partial charge on any atom is 0.255 e. The van der Waals surface area contributed by atoms with Crippen molar-refractivity contribution in [2.75, 3.05) is 11.9 Å². The molecule has 0 radical (unpaired) electrons. The highest BCUT2D eigenvalue weighted by Gasteiger charge is 2.08. The van der Waals surface area contributed by atoms with Gasteiger partial charge >= 0.3 is 0 Å². The van der Waals surface area contributed by atoms with Gasteiger partial charge in [0.1, 0.15) is 12.4 Å². The van der Waals surface area contributed by atoms with Crippen LogP contribution in [0.3, 0.4) is 0 Å². The molecule has 1 aromatic heterocycles. The first-order valence-corrected chi connectivity index (χ1v) is 6.95. The second-order valence-electron chi connectivity index (χ2n) is 4.73. The first-order valence-electron chi connectivity index (χ1n) is 6.95. The predicted molar refractivity (Wildman–Crippen MR) is 88.3 cm³/mol. The predicted octanol–water partition coefficient (Wildman–Crippen LogP) is 2.89. The Labute approximate surface area is 133 Å². The zero-order valence-corrected chi connectivity index (χ0v) is 12.2. The maximum atomic E-state index is 12.3. The summed E-state index contributed by atoms with van der Waals surface area (Å²) in [6.45, 7) is 0.212. The second kappa shape index (κ2) is 6.58. The fourth-order valence-electron chi connectivity index (χ4n) is 2.07. The van der Waals surface area contributed by atoms with E-state index in [1.165, 1.54) is 0 Å². The van der Waals surface area contributed by atoms with Gasteiger partial charge in [0.2, 0.25) is 0 Å². The zero-order valence-electron chi connectivity index (χ0n) is 12.2. The lowest BCUT2D eigenvalue weighted by molar-refractivity contribution is 0.102. The Morgan fingerprint density at radius 1 is 1.09 bits per heavy atom. The maximum absolute atomic E-state index is 12.3. The number of amides is 1. The standard InChI is InChI=1S/C18H13N3O2/c1-2-11-23-15-6-4-14(5-7-15)21-18(22)13-3-8-16-17(12-13)20-10-9-19-16/h1,3-10,12H,11H2,(H,21,22). The van der Waals surface area contributed by atoms with E-state index in [2.05, 4.69) is 21.2 Å². The number of benzene rings is 2. The molecule has 0 atom stereocenters. The average Bonchev–Trinajstić information content (AvgIpc) is 2.60. The van der Waals surface area contributed by atoms with E-state index in [-0.39, 0.29) is 12.5 Å². The lowest BCUT2D eigenvalue weighted by Gasteiger charge is -2.07. The van der Waals surface area contributed by atoms with Crippen LogP contribution in [0.2, 0.25) is 0 Å². The van der Waals surface area contributed by atoms with Gasteiger partial charge in [-0.05, 0) is 42.5 Å². The van der Waals surface area contributed by atoms with Crippen molar-refractivity contribution in [1.82, 2.24) is 9.97 Å². The summed E-state index contributed by atoms with van der Waals surface area (Å²) >= 11 is 0. The first-order chi connectivity index (χ1) is 11.3. The van der Waals surface area contributed by atoms with Crippen molar-refractivity contribution < 1.29 is 9.53 Å². The number of anilines is 1. The number of fused-ring (bicyclic) bond motifs is 1. The Morgan fingerprint density at radius 2 is 1.83 bits per heavy atom. The van der Waals surface area contributed by atoms with Gasteiger partial charge in [0.05, 0.1) is 11.0 Å². The van der Waals surface area contributed by atoms with Crippen LogP contribution in [-0.2, 0) is 0 Å². The van der Waals surface area contributed by atoms with E-state index in [0.29, 0.717) is 22.5 Å². The molecule has 0 fully saturated rings. The molecule has 3 rings (SSSR count). The number of hydrogen-bond acceptors (Lipinski definition) is 4. The molecule has 5 nitrogen and oxygen atoms in total. The van der Waals surface area contributed by atoms with Crippen molar-refractivity contribution >= 4 is 22.6 Å². The summed E-state index contributed by atoms with van der Waals surface area (Å²) in [5, 5.41) is 2.82. The van der Waals surface area contributed by atoms with Crippen molar-refractivity contribution in [1.29, 1.82) is 0 Å². The van der Waals surface area contributed by atoms with Crippen molar-refractivity contribution in [2.24, 2.45) is 0 Å². The normalized spacial score (nSPS) is 10.0. The molecule has 112 valence electrons. The second-order valence-corrected chi connectivity index (χ2v) is 4.73. The number of nitrogens with one attached hydrogen (secondary N) is 1. The van der Waals surface area contributed by atoms with Crippen LogP contribution in [0.5, 0.6) is 5.75 Å². The Bertz CT molecular complexity index is 883. The number of ether oxygens (including phenoxy) is 1. The summed E-state index contributed by atoms with van der Waals surface area (Å²) in [7, 11) is 0. The van der Waals surface area contributed by atoms with Crippen LogP contribution in [0.1, 0.15) is 10.4 Å². The lowest BCUT2D eigenvalue weighted by atomic mass is 10.1. The Morgan fingerprint density at radius 3 is 2.57 bits per heavy atom. The third kappa shape index (κ3) is 3.44. The van der Waals surface area contributed by atoms with Crippen molar-refractivity contribution in [2.45, 2.75) is 0 Å². The molecule has 0 unspecified atom stereocenters. The molecule has 0 saturated carbocycles. The number of nitrogens with zero attached hydrogens (tertiary/aromatic N) is 2. The van der Waals surface area contributed by atoms with E-state index in [4.69, 9.17) is 11.2 Å². The Hall–Kier alpha value is -3.39. The van der Waals surface area contributed by atoms with E-state index in [1.807, 2.05) is 0 Å². The molecule has 1 N–H and O–H groups in total. The van der Waals surface area contributed by atoms with E-state index < -0.39 is 0 Å². The van der Waals surface area contributed by atoms with E-state index in [9.17, 15) is 4.79 Å². The average molecular weight is 303 g/mol.